The summed E-state index contributed by atoms with van der Waals surface area (Å²) in [5.41, 5.74) is 3.21. The molecule has 0 spiro atoms. The molecule has 0 aliphatic carbocycles. The highest BCUT2D eigenvalue weighted by atomic mass is 16.5. The van der Waals surface area contributed by atoms with Gasteiger partial charge in [-0.05, 0) is 43.4 Å². The number of ether oxygens (including phenoxy) is 1. The van der Waals surface area contributed by atoms with Gasteiger partial charge in [-0.15, -0.1) is 0 Å². The summed E-state index contributed by atoms with van der Waals surface area (Å²) >= 11 is 0. The first kappa shape index (κ1) is 28.0. The highest BCUT2D eigenvalue weighted by Gasteiger charge is 2.22. The number of amides is 2. The fourth-order valence-electron chi connectivity index (χ4n) is 3.68. The van der Waals surface area contributed by atoms with Crippen molar-refractivity contribution in [3.63, 3.8) is 0 Å². The predicted octanol–water partition coefficient (Wildman–Crippen LogP) is 2.57. The van der Waals surface area contributed by atoms with E-state index in [1.54, 1.807) is 13.8 Å². The molecule has 0 heterocycles. The van der Waals surface area contributed by atoms with Crippen molar-refractivity contribution < 1.29 is 29.3 Å². The summed E-state index contributed by atoms with van der Waals surface area (Å²) < 4.78 is 5.11. The maximum atomic E-state index is 12.6. The van der Waals surface area contributed by atoms with E-state index in [1.807, 2.05) is 54.6 Å². The molecule has 0 bridgehead atoms. The lowest BCUT2D eigenvalue weighted by molar-refractivity contribution is -0.148. The quantitative estimate of drug-likeness (QED) is 0.256. The maximum absolute atomic E-state index is 12.6. The van der Waals surface area contributed by atoms with Gasteiger partial charge in [0.1, 0.15) is 0 Å². The first-order valence-corrected chi connectivity index (χ1v) is 12.0. The molecule has 0 radical (unpaired) electrons. The molecule has 2 amide bonds. The molecular formula is C27H36N2O6. The van der Waals surface area contributed by atoms with Gasteiger partial charge in [0.25, 0.3) is 0 Å². The largest absolute Gasteiger partial charge is 0.466 e. The van der Waals surface area contributed by atoms with Crippen LogP contribution in [0.3, 0.4) is 0 Å². The smallest absolute Gasteiger partial charge is 0.308 e. The lowest BCUT2D eigenvalue weighted by atomic mass is 9.94. The van der Waals surface area contributed by atoms with E-state index in [0.717, 1.165) is 16.7 Å². The third-order valence-corrected chi connectivity index (χ3v) is 5.65. The van der Waals surface area contributed by atoms with Gasteiger partial charge in [0.15, 0.2) is 6.29 Å². The molecule has 4 N–H and O–H groups in total. The number of aliphatic hydroxyl groups is 2. The molecule has 0 unspecified atom stereocenters. The number of carbonyl (C=O) groups is 3. The minimum atomic E-state index is -1.67. The second-order valence-corrected chi connectivity index (χ2v) is 8.69. The molecule has 2 aromatic rings. The highest BCUT2D eigenvalue weighted by molar-refractivity contribution is 5.84. The highest BCUT2D eigenvalue weighted by Crippen LogP contribution is 2.21. The van der Waals surface area contributed by atoms with Crippen molar-refractivity contribution in [3.8, 4) is 11.1 Å². The summed E-state index contributed by atoms with van der Waals surface area (Å²) in [7, 11) is 0. The minimum Gasteiger partial charge on any atom is -0.466 e. The van der Waals surface area contributed by atoms with Gasteiger partial charge in [0.2, 0.25) is 11.8 Å². The van der Waals surface area contributed by atoms with Gasteiger partial charge in [-0.3, -0.25) is 14.4 Å². The number of hydrogen-bond donors (Lipinski definition) is 4. The van der Waals surface area contributed by atoms with Gasteiger partial charge in [0.05, 0.1) is 18.6 Å². The van der Waals surface area contributed by atoms with E-state index in [4.69, 9.17) is 14.9 Å². The van der Waals surface area contributed by atoms with Gasteiger partial charge in [-0.2, -0.15) is 0 Å². The van der Waals surface area contributed by atoms with Crippen LogP contribution < -0.4 is 10.6 Å². The van der Waals surface area contributed by atoms with Crippen molar-refractivity contribution in [2.45, 2.75) is 64.8 Å². The summed E-state index contributed by atoms with van der Waals surface area (Å²) in [6.45, 7) is 5.26. The van der Waals surface area contributed by atoms with E-state index in [0.29, 0.717) is 12.8 Å². The first-order valence-electron chi connectivity index (χ1n) is 12.0. The summed E-state index contributed by atoms with van der Waals surface area (Å²) in [6, 6.07) is 16.9. The molecule has 0 saturated heterocycles. The van der Waals surface area contributed by atoms with Gasteiger partial charge >= 0.3 is 5.97 Å². The lowest BCUT2D eigenvalue weighted by Gasteiger charge is -2.22. The maximum Gasteiger partial charge on any atom is 0.308 e. The first-order chi connectivity index (χ1) is 16.7. The predicted molar refractivity (Wildman–Crippen MR) is 133 cm³/mol. The van der Waals surface area contributed by atoms with E-state index in [-0.39, 0.29) is 37.4 Å². The Morgan fingerprint density at radius 2 is 1.43 bits per heavy atom. The van der Waals surface area contributed by atoms with Crippen LogP contribution in [0.1, 0.15) is 45.6 Å². The van der Waals surface area contributed by atoms with E-state index in [9.17, 15) is 14.4 Å². The Balaban J connectivity index is 2.02. The lowest BCUT2D eigenvalue weighted by Crippen LogP contribution is -2.42. The summed E-state index contributed by atoms with van der Waals surface area (Å²) in [4.78, 5) is 36.7. The second kappa shape index (κ2) is 14.2. The zero-order chi connectivity index (χ0) is 25.8. The topological polar surface area (TPSA) is 125 Å². The number of esters is 1. The molecule has 2 rings (SSSR count). The molecule has 8 nitrogen and oxygen atoms in total. The standard InChI is InChI=1S/C27H36N2O6/c1-4-35-27(34)18(2)16-23(29-25(31)15-14-24(30)28-19(3)26(32)33)17-20-10-12-22(13-11-20)21-8-6-5-7-9-21/h5-13,18-19,23,26,32-33H,4,14-17H2,1-3H3,(H,28,30)(H,29,31)/t18-,19+,23+/m1/s1. The normalized spacial score (nSPS) is 13.5. The Bertz CT molecular complexity index is 946. The van der Waals surface area contributed by atoms with Crippen LogP contribution in [0.2, 0.25) is 0 Å². The summed E-state index contributed by atoms with van der Waals surface area (Å²) in [6.07, 6.45) is -0.906. The molecule has 0 aliphatic rings. The number of hydrogen-bond acceptors (Lipinski definition) is 6. The van der Waals surface area contributed by atoms with Crippen LogP contribution in [0.4, 0.5) is 0 Å². The molecule has 0 aromatic heterocycles. The van der Waals surface area contributed by atoms with Crippen LogP contribution in [0.15, 0.2) is 54.6 Å². The van der Waals surface area contributed by atoms with Crippen molar-refractivity contribution in [1.82, 2.24) is 10.6 Å². The van der Waals surface area contributed by atoms with Crippen LogP contribution >= 0.6 is 0 Å². The van der Waals surface area contributed by atoms with E-state index < -0.39 is 24.2 Å². The molecule has 8 heteroatoms. The number of aliphatic hydroxyl groups excluding tert-OH is 1. The zero-order valence-corrected chi connectivity index (χ0v) is 20.6. The van der Waals surface area contributed by atoms with E-state index in [2.05, 4.69) is 10.6 Å². The van der Waals surface area contributed by atoms with Gasteiger partial charge < -0.3 is 25.6 Å². The average molecular weight is 485 g/mol. The fraction of sp³-hybridized carbons (Fsp3) is 0.444. The minimum absolute atomic E-state index is 0.0582. The molecule has 3 atom stereocenters. The Morgan fingerprint density at radius 3 is 2.00 bits per heavy atom. The fourth-order valence-corrected chi connectivity index (χ4v) is 3.68. The molecule has 0 aliphatic heterocycles. The second-order valence-electron chi connectivity index (χ2n) is 8.69. The van der Waals surface area contributed by atoms with Gasteiger partial charge in [-0.25, -0.2) is 0 Å². The molecule has 2 aromatic carbocycles. The van der Waals surface area contributed by atoms with E-state index in [1.165, 1.54) is 6.92 Å². The van der Waals surface area contributed by atoms with Crippen LogP contribution in [-0.2, 0) is 25.5 Å². The molecule has 0 saturated carbocycles. The van der Waals surface area contributed by atoms with E-state index >= 15 is 0 Å². The molecule has 35 heavy (non-hydrogen) atoms. The SMILES string of the molecule is CCOC(=O)[C@H](C)C[C@@H](Cc1ccc(-c2ccccc2)cc1)NC(=O)CCC(=O)N[C@@H](C)C(O)O. The number of carbonyl (C=O) groups excluding carboxylic acids is 3. The Kier molecular flexibility index (Phi) is 11.4. The van der Waals surface area contributed by atoms with Crippen molar-refractivity contribution in [1.29, 1.82) is 0 Å². The molecule has 190 valence electrons. The van der Waals surface area contributed by atoms with Gasteiger partial charge in [0, 0.05) is 18.9 Å². The third-order valence-electron chi connectivity index (χ3n) is 5.65. The van der Waals surface area contributed by atoms with Crippen molar-refractivity contribution in [2.24, 2.45) is 5.92 Å². The van der Waals surface area contributed by atoms with Crippen LogP contribution in [0, 0.1) is 5.92 Å². The van der Waals surface area contributed by atoms with Crippen molar-refractivity contribution in [2.75, 3.05) is 6.61 Å². The van der Waals surface area contributed by atoms with Gasteiger partial charge in [-0.1, -0.05) is 61.5 Å². The summed E-state index contributed by atoms with van der Waals surface area (Å²) in [5, 5.41) is 23.5. The monoisotopic (exact) mass is 484 g/mol. The van der Waals surface area contributed by atoms with Crippen LogP contribution in [-0.4, -0.2) is 53.0 Å². The number of nitrogens with one attached hydrogen (secondary N) is 2. The Labute approximate surface area is 206 Å². The zero-order valence-electron chi connectivity index (χ0n) is 20.6. The summed E-state index contributed by atoms with van der Waals surface area (Å²) in [5.74, 6) is -1.49. The number of rotatable bonds is 13. The Morgan fingerprint density at radius 1 is 0.857 bits per heavy atom. The Hall–Kier alpha value is -3.23. The van der Waals surface area contributed by atoms with Crippen LogP contribution in [0.25, 0.3) is 11.1 Å². The average Bonchev–Trinajstić information content (AvgIpc) is 2.83. The molecular weight excluding hydrogens is 448 g/mol. The molecule has 0 fully saturated rings. The van der Waals surface area contributed by atoms with Crippen molar-refractivity contribution >= 4 is 17.8 Å². The third kappa shape index (κ3) is 9.88. The van der Waals surface area contributed by atoms with Crippen molar-refractivity contribution in [3.05, 3.63) is 60.2 Å². The number of benzene rings is 2. The van der Waals surface area contributed by atoms with Crippen LogP contribution in [0.5, 0.6) is 0 Å².